The molecule has 7 nitrogen and oxygen atoms in total. The first-order chi connectivity index (χ1) is 16.6. The molecular formula is C28H52NO6+. The number of hydrogen-bond acceptors (Lipinski definition) is 3. The number of hydrogen-bond donors (Lipinski definition) is 3. The number of carbonyl (C=O) groups is 3. The lowest BCUT2D eigenvalue weighted by molar-refractivity contribution is -0.968. The van der Waals surface area contributed by atoms with E-state index in [4.69, 9.17) is 0 Å². The molecule has 0 saturated carbocycles. The number of quaternary nitrogens is 1. The third-order valence-electron chi connectivity index (χ3n) is 7.69. The maximum Gasteiger partial charge on any atom is 0.362 e. The van der Waals surface area contributed by atoms with Crippen LogP contribution in [0.3, 0.4) is 0 Å². The molecule has 7 heteroatoms. The van der Waals surface area contributed by atoms with Crippen LogP contribution in [0.1, 0.15) is 124 Å². The van der Waals surface area contributed by atoms with Gasteiger partial charge in [-0.15, -0.1) is 6.58 Å². The SMILES string of the molecule is C=CCCCCCCCCCCCCCCCCC[N+](C(C)C(=O)O)(C(C)C(=O)O)C(C)C(=O)O. The largest absolute Gasteiger partial charge is 0.477 e. The molecule has 0 fully saturated rings. The summed E-state index contributed by atoms with van der Waals surface area (Å²) in [5.41, 5.74) is 0. The molecule has 0 aliphatic heterocycles. The van der Waals surface area contributed by atoms with Gasteiger partial charge in [0.25, 0.3) is 0 Å². The summed E-state index contributed by atoms with van der Waals surface area (Å²) in [5.74, 6) is -3.51. The van der Waals surface area contributed by atoms with Gasteiger partial charge in [0, 0.05) is 0 Å². The quantitative estimate of drug-likeness (QED) is 0.0780. The summed E-state index contributed by atoms with van der Waals surface area (Å²) in [6, 6.07) is -3.36. The van der Waals surface area contributed by atoms with Crippen molar-refractivity contribution in [2.45, 2.75) is 142 Å². The third kappa shape index (κ3) is 12.6. The average Bonchev–Trinajstić information content (AvgIpc) is 2.82. The Bertz CT molecular complexity index is 570. The van der Waals surface area contributed by atoms with Crippen molar-refractivity contribution < 1.29 is 34.2 Å². The zero-order valence-electron chi connectivity index (χ0n) is 22.6. The van der Waals surface area contributed by atoms with E-state index in [1.54, 1.807) is 0 Å². The predicted octanol–water partition coefficient (Wildman–Crippen LogP) is 6.65. The van der Waals surface area contributed by atoms with Crippen LogP contribution in [0, 0.1) is 0 Å². The minimum Gasteiger partial charge on any atom is -0.477 e. The van der Waals surface area contributed by atoms with E-state index in [1.165, 1.54) is 91.4 Å². The van der Waals surface area contributed by atoms with Crippen LogP contribution in [-0.2, 0) is 14.4 Å². The summed E-state index contributed by atoms with van der Waals surface area (Å²) >= 11 is 0. The molecule has 0 amide bonds. The van der Waals surface area contributed by atoms with Crippen molar-refractivity contribution in [3.05, 3.63) is 12.7 Å². The highest BCUT2D eigenvalue weighted by Crippen LogP contribution is 2.27. The second-order valence-electron chi connectivity index (χ2n) is 10.1. The van der Waals surface area contributed by atoms with Gasteiger partial charge in [0.1, 0.15) is 0 Å². The first-order valence-electron chi connectivity index (χ1n) is 13.8. The van der Waals surface area contributed by atoms with E-state index in [1.807, 2.05) is 6.08 Å². The van der Waals surface area contributed by atoms with Crippen molar-refractivity contribution in [2.24, 2.45) is 0 Å². The average molecular weight is 499 g/mol. The molecule has 204 valence electrons. The highest BCUT2D eigenvalue weighted by molar-refractivity contribution is 5.77. The van der Waals surface area contributed by atoms with Crippen LogP contribution >= 0.6 is 0 Å². The van der Waals surface area contributed by atoms with Gasteiger partial charge in [-0.3, -0.25) is 4.48 Å². The number of rotatable bonds is 24. The van der Waals surface area contributed by atoms with Gasteiger partial charge in [0.05, 0.1) is 6.54 Å². The highest BCUT2D eigenvalue weighted by Gasteiger charge is 2.52. The van der Waals surface area contributed by atoms with Crippen LogP contribution in [0.25, 0.3) is 0 Å². The zero-order chi connectivity index (χ0) is 26.7. The standard InChI is InChI=1S/C28H51NO6/c1-5-6-7-8-9-10-11-12-13-14-15-16-17-18-19-20-21-22-29(23(2)26(30)31,24(3)27(32)33)25(4)28(34)35/h5,23-25H,1,6-22H2,2-4H3,(H2-,30,31,32,33,34,35)/p+1. The van der Waals surface area contributed by atoms with Gasteiger partial charge in [-0.1, -0.05) is 83.1 Å². The topological polar surface area (TPSA) is 112 Å². The normalized spacial score (nSPS) is 15.6. The van der Waals surface area contributed by atoms with Gasteiger partial charge in [0.15, 0.2) is 18.1 Å². The number of allylic oxidation sites excluding steroid dienone is 1. The molecule has 0 saturated heterocycles. The van der Waals surface area contributed by atoms with Crippen LogP contribution in [0.4, 0.5) is 0 Å². The minimum atomic E-state index is -1.17. The number of nitrogens with zero attached hydrogens (tertiary/aromatic N) is 1. The molecule has 0 aromatic carbocycles. The summed E-state index contributed by atoms with van der Waals surface area (Å²) in [5, 5.41) is 28.9. The van der Waals surface area contributed by atoms with Gasteiger partial charge in [0.2, 0.25) is 0 Å². The second kappa shape index (κ2) is 19.3. The van der Waals surface area contributed by atoms with Gasteiger partial charge >= 0.3 is 17.9 Å². The minimum absolute atomic E-state index is 0.225. The molecule has 3 atom stereocenters. The summed E-state index contributed by atoms with van der Waals surface area (Å²) < 4.78 is -0.477. The molecule has 3 unspecified atom stereocenters. The van der Waals surface area contributed by atoms with E-state index in [0.29, 0.717) is 6.42 Å². The van der Waals surface area contributed by atoms with Gasteiger partial charge in [-0.05, 0) is 46.5 Å². The maximum absolute atomic E-state index is 11.8. The molecule has 0 aromatic rings. The van der Waals surface area contributed by atoms with Gasteiger partial charge < -0.3 is 15.3 Å². The van der Waals surface area contributed by atoms with Crippen molar-refractivity contribution >= 4 is 17.9 Å². The number of unbranched alkanes of at least 4 members (excludes halogenated alkanes) is 15. The molecule has 0 aliphatic carbocycles. The predicted molar refractivity (Wildman–Crippen MR) is 140 cm³/mol. The Morgan fingerprint density at radius 1 is 0.571 bits per heavy atom. The van der Waals surface area contributed by atoms with E-state index in [2.05, 4.69) is 6.58 Å². The molecule has 0 aliphatic rings. The fraction of sp³-hybridized carbons (Fsp3) is 0.821. The molecule has 0 radical (unpaired) electrons. The monoisotopic (exact) mass is 498 g/mol. The fourth-order valence-corrected chi connectivity index (χ4v) is 5.18. The summed E-state index contributed by atoms with van der Waals surface area (Å²) in [7, 11) is 0. The highest BCUT2D eigenvalue weighted by atomic mass is 16.4. The first-order valence-corrected chi connectivity index (χ1v) is 13.8. The van der Waals surface area contributed by atoms with E-state index in [0.717, 1.165) is 25.7 Å². The summed E-state index contributed by atoms with van der Waals surface area (Å²) in [6.45, 7) is 8.25. The van der Waals surface area contributed by atoms with Crippen LogP contribution in [0.15, 0.2) is 12.7 Å². The Hall–Kier alpha value is -1.89. The van der Waals surface area contributed by atoms with Gasteiger partial charge in [-0.2, -0.15) is 0 Å². The Kier molecular flexibility index (Phi) is 18.3. The summed E-state index contributed by atoms with van der Waals surface area (Å²) in [6.07, 6.45) is 20.9. The smallest absolute Gasteiger partial charge is 0.362 e. The van der Waals surface area contributed by atoms with E-state index >= 15 is 0 Å². The molecular weight excluding hydrogens is 446 g/mol. The van der Waals surface area contributed by atoms with Crippen molar-refractivity contribution in [1.29, 1.82) is 0 Å². The van der Waals surface area contributed by atoms with Crippen LogP contribution < -0.4 is 0 Å². The van der Waals surface area contributed by atoms with E-state index in [9.17, 15) is 29.7 Å². The Balaban J connectivity index is 4.22. The lowest BCUT2D eigenvalue weighted by Gasteiger charge is -2.47. The molecule has 0 aromatic heterocycles. The van der Waals surface area contributed by atoms with Crippen LogP contribution in [0.5, 0.6) is 0 Å². The summed E-state index contributed by atoms with van der Waals surface area (Å²) in [4.78, 5) is 35.3. The Labute approximate surface area is 213 Å². The lowest BCUT2D eigenvalue weighted by atomic mass is 9.99. The zero-order valence-corrected chi connectivity index (χ0v) is 22.6. The molecule has 0 spiro atoms. The fourth-order valence-electron chi connectivity index (χ4n) is 5.18. The molecule has 3 N–H and O–H groups in total. The van der Waals surface area contributed by atoms with E-state index in [-0.39, 0.29) is 6.54 Å². The Morgan fingerprint density at radius 3 is 1.09 bits per heavy atom. The third-order valence-corrected chi connectivity index (χ3v) is 7.69. The van der Waals surface area contributed by atoms with E-state index < -0.39 is 40.5 Å². The van der Waals surface area contributed by atoms with Crippen LogP contribution in [-0.4, -0.2) is 62.4 Å². The lowest BCUT2D eigenvalue weighted by Crippen LogP contribution is -2.70. The number of aliphatic carboxylic acids is 3. The Morgan fingerprint density at radius 2 is 0.829 bits per heavy atom. The van der Waals surface area contributed by atoms with Crippen LogP contribution in [0.2, 0.25) is 0 Å². The van der Waals surface area contributed by atoms with Crippen molar-refractivity contribution in [3.8, 4) is 0 Å². The number of carboxylic acids is 3. The van der Waals surface area contributed by atoms with Gasteiger partial charge in [-0.25, -0.2) is 14.4 Å². The molecule has 0 rings (SSSR count). The molecule has 0 bridgehead atoms. The maximum atomic E-state index is 11.8. The van der Waals surface area contributed by atoms with Crippen molar-refractivity contribution in [2.75, 3.05) is 6.54 Å². The first kappa shape index (κ1) is 33.1. The number of carboxylic acid groups (broad SMARTS) is 3. The van der Waals surface area contributed by atoms with Crippen molar-refractivity contribution in [1.82, 2.24) is 0 Å². The second-order valence-corrected chi connectivity index (χ2v) is 10.1. The molecule has 0 heterocycles. The van der Waals surface area contributed by atoms with Crippen molar-refractivity contribution in [3.63, 3.8) is 0 Å². The molecule has 35 heavy (non-hydrogen) atoms.